The maximum atomic E-state index is 13.7. The van der Waals surface area contributed by atoms with Gasteiger partial charge in [-0.15, -0.1) is 0 Å². The number of carboxylic acids is 1. The summed E-state index contributed by atoms with van der Waals surface area (Å²) >= 11 is 0. The molecule has 0 fully saturated rings. The van der Waals surface area contributed by atoms with Crippen molar-refractivity contribution in [2.24, 2.45) is 5.92 Å². The van der Waals surface area contributed by atoms with Gasteiger partial charge in [0, 0.05) is 29.7 Å². The molecule has 5 N–H and O–H groups in total. The SMILES string of the molecule is CCC(C)Oc1cc(C(=O)NCCCCCC(=O)O)ccc1NC(=O)c1ccc(NC(=O)c2ccc(NC(=O)OC(C)(C)C)c(OC(C)C)c2)c(OCC(C)C)c1. The van der Waals surface area contributed by atoms with E-state index in [4.69, 9.17) is 24.1 Å². The molecule has 0 saturated carbocycles. The summed E-state index contributed by atoms with van der Waals surface area (Å²) in [7, 11) is 0. The van der Waals surface area contributed by atoms with Crippen LogP contribution >= 0.6 is 0 Å². The zero-order valence-electron chi connectivity index (χ0n) is 34.5. The van der Waals surface area contributed by atoms with Crippen molar-refractivity contribution in [3.8, 4) is 17.2 Å². The van der Waals surface area contributed by atoms with Gasteiger partial charge in [0.25, 0.3) is 17.7 Å². The van der Waals surface area contributed by atoms with Gasteiger partial charge in [0.2, 0.25) is 0 Å². The Morgan fingerprint density at radius 2 is 1.18 bits per heavy atom. The van der Waals surface area contributed by atoms with Crippen LogP contribution < -0.4 is 35.5 Å². The molecule has 0 heterocycles. The fourth-order valence-electron chi connectivity index (χ4n) is 5.11. The van der Waals surface area contributed by atoms with E-state index < -0.39 is 29.5 Å². The van der Waals surface area contributed by atoms with Crippen LogP contribution in [0.25, 0.3) is 0 Å². The van der Waals surface area contributed by atoms with Crippen molar-refractivity contribution < 1.29 is 48.0 Å². The Hall–Kier alpha value is -5.79. The predicted molar refractivity (Wildman–Crippen MR) is 220 cm³/mol. The van der Waals surface area contributed by atoms with Crippen molar-refractivity contribution >= 4 is 46.8 Å². The van der Waals surface area contributed by atoms with Crippen molar-refractivity contribution in [3.63, 3.8) is 0 Å². The summed E-state index contributed by atoms with van der Waals surface area (Å²) in [4.78, 5) is 63.4. The second-order valence-electron chi connectivity index (χ2n) is 15.3. The average molecular weight is 791 g/mol. The van der Waals surface area contributed by atoms with Crippen LogP contribution in [0.3, 0.4) is 0 Å². The molecule has 3 rings (SSSR count). The Morgan fingerprint density at radius 3 is 1.68 bits per heavy atom. The molecule has 1 atom stereocenters. The van der Waals surface area contributed by atoms with Gasteiger partial charge in [0.05, 0.1) is 35.9 Å². The standard InChI is InChI=1S/C43H58N4O10/c1-10-28(6)56-37-23-29(39(50)44-21-13-11-12-14-38(48)49)15-19-33(37)46-40(51)30-16-18-32(35(22-30)54-25-26(2)3)45-41(52)31-17-20-34(36(24-31)55-27(4)5)47-42(53)57-43(7,8)9/h15-20,22-24,26-28H,10-14,21,25H2,1-9H3,(H,44,50)(H,45,52)(H,46,51)(H,47,53)(H,48,49). The number of hydrogen-bond donors (Lipinski definition) is 5. The predicted octanol–water partition coefficient (Wildman–Crippen LogP) is 8.91. The lowest BCUT2D eigenvalue weighted by Crippen LogP contribution is -2.27. The highest BCUT2D eigenvalue weighted by molar-refractivity contribution is 6.08. The Bertz CT molecular complexity index is 1870. The maximum absolute atomic E-state index is 13.7. The molecular formula is C43H58N4O10. The largest absolute Gasteiger partial charge is 0.491 e. The number of unbranched alkanes of at least 4 members (excludes halogenated alkanes) is 2. The third-order valence-corrected chi connectivity index (χ3v) is 8.05. The van der Waals surface area contributed by atoms with Crippen molar-refractivity contribution in [3.05, 3.63) is 71.3 Å². The van der Waals surface area contributed by atoms with E-state index in [2.05, 4.69) is 21.3 Å². The Labute approximate surface area is 335 Å². The second-order valence-corrected chi connectivity index (χ2v) is 15.3. The number of benzene rings is 3. The van der Waals surface area contributed by atoms with E-state index in [0.29, 0.717) is 67.2 Å². The highest BCUT2D eigenvalue weighted by atomic mass is 16.6. The molecule has 0 aliphatic carbocycles. The third kappa shape index (κ3) is 15.7. The number of aliphatic carboxylic acids is 1. The minimum Gasteiger partial charge on any atom is -0.491 e. The van der Waals surface area contributed by atoms with E-state index in [1.54, 1.807) is 69.3 Å². The molecule has 310 valence electrons. The normalized spacial score (nSPS) is 11.7. The van der Waals surface area contributed by atoms with E-state index in [-0.39, 0.29) is 53.1 Å². The van der Waals surface area contributed by atoms with Crippen molar-refractivity contribution in [2.75, 3.05) is 29.1 Å². The van der Waals surface area contributed by atoms with Crippen LogP contribution in [-0.2, 0) is 9.53 Å². The number of hydrogen-bond acceptors (Lipinski definition) is 9. The first-order valence-corrected chi connectivity index (χ1v) is 19.4. The van der Waals surface area contributed by atoms with Gasteiger partial charge in [-0.2, -0.15) is 0 Å². The van der Waals surface area contributed by atoms with E-state index in [9.17, 15) is 24.0 Å². The van der Waals surface area contributed by atoms with Gasteiger partial charge in [-0.25, -0.2) is 4.79 Å². The van der Waals surface area contributed by atoms with E-state index >= 15 is 0 Å². The zero-order valence-corrected chi connectivity index (χ0v) is 34.5. The molecule has 14 heteroatoms. The van der Waals surface area contributed by atoms with Crippen molar-refractivity contribution in [2.45, 2.75) is 112 Å². The molecule has 0 radical (unpaired) electrons. The first-order valence-electron chi connectivity index (χ1n) is 19.4. The van der Waals surface area contributed by atoms with Crippen LogP contribution in [0, 0.1) is 5.92 Å². The van der Waals surface area contributed by atoms with E-state index in [0.717, 1.165) is 0 Å². The minimum absolute atomic E-state index is 0.0914. The monoisotopic (exact) mass is 790 g/mol. The summed E-state index contributed by atoms with van der Waals surface area (Å²) in [5.74, 6) is -1.10. The molecule has 3 aromatic rings. The summed E-state index contributed by atoms with van der Waals surface area (Å²) in [5, 5.41) is 20.1. The molecule has 0 aromatic heterocycles. The van der Waals surface area contributed by atoms with Gasteiger partial charge in [0.15, 0.2) is 0 Å². The minimum atomic E-state index is -0.844. The molecular weight excluding hydrogens is 732 g/mol. The molecule has 0 saturated heterocycles. The highest BCUT2D eigenvalue weighted by Crippen LogP contribution is 2.32. The molecule has 0 bridgehead atoms. The van der Waals surface area contributed by atoms with E-state index in [1.165, 1.54) is 6.07 Å². The Morgan fingerprint density at radius 1 is 0.667 bits per heavy atom. The van der Waals surface area contributed by atoms with Gasteiger partial charge < -0.3 is 40.0 Å². The van der Waals surface area contributed by atoms with Crippen LogP contribution in [-0.4, -0.2) is 65.9 Å². The number of anilines is 3. The Kier molecular flexibility index (Phi) is 17.2. The number of carbonyl (C=O) groups is 5. The topological polar surface area (TPSA) is 191 Å². The quantitative estimate of drug-likeness (QED) is 0.0691. The Balaban J connectivity index is 1.83. The fourth-order valence-corrected chi connectivity index (χ4v) is 5.11. The molecule has 3 aromatic carbocycles. The summed E-state index contributed by atoms with van der Waals surface area (Å²) < 4.78 is 23.5. The highest BCUT2D eigenvalue weighted by Gasteiger charge is 2.21. The van der Waals surface area contributed by atoms with Gasteiger partial charge in [-0.05, 0) is 121 Å². The smallest absolute Gasteiger partial charge is 0.412 e. The molecule has 4 amide bonds. The van der Waals surface area contributed by atoms with Crippen molar-refractivity contribution in [1.82, 2.24) is 5.32 Å². The van der Waals surface area contributed by atoms with Crippen LogP contribution in [0.5, 0.6) is 17.2 Å². The lowest BCUT2D eigenvalue weighted by atomic mass is 10.1. The van der Waals surface area contributed by atoms with E-state index in [1.807, 2.05) is 41.5 Å². The number of carboxylic acid groups (broad SMARTS) is 1. The van der Waals surface area contributed by atoms with Gasteiger partial charge in [-0.3, -0.25) is 24.5 Å². The lowest BCUT2D eigenvalue weighted by Gasteiger charge is -2.21. The molecule has 0 spiro atoms. The number of rotatable bonds is 20. The summed E-state index contributed by atoms with van der Waals surface area (Å²) in [5.41, 5.74) is 1.16. The average Bonchev–Trinajstić information content (AvgIpc) is 3.12. The summed E-state index contributed by atoms with van der Waals surface area (Å²) in [6.07, 6.45) is 1.50. The molecule has 14 nitrogen and oxygen atoms in total. The first-order chi connectivity index (χ1) is 26.8. The van der Waals surface area contributed by atoms with Crippen LogP contribution in [0.2, 0.25) is 0 Å². The zero-order chi connectivity index (χ0) is 42.3. The molecule has 0 aliphatic rings. The van der Waals surface area contributed by atoms with Crippen LogP contribution in [0.15, 0.2) is 54.6 Å². The van der Waals surface area contributed by atoms with Gasteiger partial charge in [0.1, 0.15) is 22.8 Å². The van der Waals surface area contributed by atoms with Crippen LogP contribution in [0.4, 0.5) is 21.9 Å². The van der Waals surface area contributed by atoms with Gasteiger partial charge >= 0.3 is 12.1 Å². The lowest BCUT2D eigenvalue weighted by molar-refractivity contribution is -0.137. The van der Waals surface area contributed by atoms with Gasteiger partial charge in [-0.1, -0.05) is 27.2 Å². The number of ether oxygens (including phenoxy) is 4. The maximum Gasteiger partial charge on any atom is 0.412 e. The number of nitrogens with one attached hydrogen (secondary N) is 4. The summed E-state index contributed by atoms with van der Waals surface area (Å²) in [6, 6.07) is 14.1. The number of amides is 4. The second kappa shape index (κ2) is 21.5. The third-order valence-electron chi connectivity index (χ3n) is 8.05. The van der Waals surface area contributed by atoms with Crippen LogP contribution in [0.1, 0.15) is 125 Å². The number of carbonyl (C=O) groups excluding carboxylic acids is 4. The summed E-state index contributed by atoms with van der Waals surface area (Å²) in [6.45, 7) is 17.4. The first kappa shape index (κ1) is 45.6. The fraction of sp³-hybridized carbons (Fsp3) is 0.465. The molecule has 57 heavy (non-hydrogen) atoms. The van der Waals surface area contributed by atoms with Crippen molar-refractivity contribution in [1.29, 1.82) is 0 Å². The molecule has 1 unspecified atom stereocenters. The molecule has 0 aliphatic heterocycles.